The standard InChI is InChI=1S/C24H27F4N5O5S/c1-13-5-14-8-29-17(7-19(14)33(13)21-16(25)6-15(9-30-21)24(26,27)28)22(34)31-18-10-32(39(4,36)37)11-20(18)38-12-23(2,3)35/h5-9,18,20,35H,10-12H2,1-4H3,(H,31,34)/t18-,20-/m1/s1. The molecule has 0 aromatic carbocycles. The molecule has 4 rings (SSSR count). The van der Waals surface area contributed by atoms with Crippen molar-refractivity contribution in [2.45, 2.75) is 44.7 Å². The molecular weight excluding hydrogens is 546 g/mol. The first-order chi connectivity index (χ1) is 17.9. The molecule has 2 N–H and O–H groups in total. The van der Waals surface area contributed by atoms with E-state index in [1.54, 1.807) is 13.0 Å². The number of nitrogens with zero attached hydrogens (tertiary/aromatic N) is 4. The topological polar surface area (TPSA) is 127 Å². The third-order valence-electron chi connectivity index (χ3n) is 6.13. The molecule has 0 saturated carbocycles. The minimum absolute atomic E-state index is 0.0345. The number of ether oxygens (including phenoxy) is 1. The van der Waals surface area contributed by atoms with E-state index in [9.17, 15) is 35.9 Å². The van der Waals surface area contributed by atoms with Gasteiger partial charge >= 0.3 is 6.18 Å². The zero-order chi connectivity index (χ0) is 28.9. The molecule has 0 spiro atoms. The normalized spacial score (nSPS) is 19.1. The second kappa shape index (κ2) is 10.1. The third kappa shape index (κ3) is 6.37. The lowest BCUT2D eigenvalue weighted by Crippen LogP contribution is -2.45. The number of fused-ring (bicyclic) bond motifs is 1. The number of hydrogen-bond acceptors (Lipinski definition) is 7. The van der Waals surface area contributed by atoms with Crippen LogP contribution in [0.4, 0.5) is 17.6 Å². The second-order valence-corrected chi connectivity index (χ2v) is 12.1. The maximum absolute atomic E-state index is 14.8. The number of carbonyl (C=O) groups excluding carboxylic acids is 1. The summed E-state index contributed by atoms with van der Waals surface area (Å²) in [5.41, 5.74) is -1.81. The van der Waals surface area contributed by atoms with Crippen LogP contribution in [0.3, 0.4) is 0 Å². The Morgan fingerprint density at radius 1 is 1.18 bits per heavy atom. The van der Waals surface area contributed by atoms with Crippen LogP contribution in [0.5, 0.6) is 0 Å². The summed E-state index contributed by atoms with van der Waals surface area (Å²) in [4.78, 5) is 21.0. The number of sulfonamides is 1. The van der Waals surface area contributed by atoms with Crippen LogP contribution in [0.2, 0.25) is 0 Å². The number of rotatable bonds is 7. The highest BCUT2D eigenvalue weighted by Crippen LogP contribution is 2.31. The van der Waals surface area contributed by atoms with Gasteiger partial charge in [-0.1, -0.05) is 0 Å². The van der Waals surface area contributed by atoms with E-state index in [-0.39, 0.29) is 36.7 Å². The number of alkyl halides is 3. The molecule has 10 nitrogen and oxygen atoms in total. The molecule has 0 unspecified atom stereocenters. The van der Waals surface area contributed by atoms with Gasteiger partial charge in [-0.2, -0.15) is 17.5 Å². The fraction of sp³-hybridized carbons (Fsp3) is 0.458. The summed E-state index contributed by atoms with van der Waals surface area (Å²) in [6.07, 6.45) is -2.60. The van der Waals surface area contributed by atoms with Crippen molar-refractivity contribution in [3.05, 3.63) is 53.4 Å². The van der Waals surface area contributed by atoms with Crippen molar-refractivity contribution in [1.29, 1.82) is 0 Å². The Balaban J connectivity index is 1.64. The van der Waals surface area contributed by atoms with Crippen molar-refractivity contribution in [1.82, 2.24) is 24.2 Å². The number of halogens is 4. The minimum Gasteiger partial charge on any atom is -0.388 e. The zero-order valence-corrected chi connectivity index (χ0v) is 22.3. The van der Waals surface area contributed by atoms with Gasteiger partial charge in [-0.05, 0) is 39.0 Å². The lowest BCUT2D eigenvalue weighted by molar-refractivity contribution is -0.138. The molecule has 4 heterocycles. The van der Waals surface area contributed by atoms with E-state index in [0.717, 1.165) is 10.6 Å². The quantitative estimate of drug-likeness (QED) is 0.416. The fourth-order valence-corrected chi connectivity index (χ4v) is 5.12. The maximum atomic E-state index is 14.8. The predicted molar refractivity (Wildman–Crippen MR) is 132 cm³/mol. The molecular formula is C24H27F4N5O5S. The number of nitrogens with one attached hydrogen (secondary N) is 1. The Bertz CT molecular complexity index is 1520. The second-order valence-electron chi connectivity index (χ2n) is 10.1. The van der Waals surface area contributed by atoms with Crippen molar-refractivity contribution >= 4 is 26.8 Å². The Morgan fingerprint density at radius 3 is 2.46 bits per heavy atom. The van der Waals surface area contributed by atoms with Crippen LogP contribution >= 0.6 is 0 Å². The number of carbonyl (C=O) groups is 1. The summed E-state index contributed by atoms with van der Waals surface area (Å²) in [5.74, 6) is -2.26. The van der Waals surface area contributed by atoms with Crippen molar-refractivity contribution in [3.63, 3.8) is 0 Å². The van der Waals surface area contributed by atoms with Crippen LogP contribution in [-0.2, 0) is 20.9 Å². The maximum Gasteiger partial charge on any atom is 0.417 e. The largest absolute Gasteiger partial charge is 0.417 e. The number of pyridine rings is 2. The van der Waals surface area contributed by atoms with Crippen molar-refractivity contribution in [3.8, 4) is 5.82 Å². The monoisotopic (exact) mass is 573 g/mol. The highest BCUT2D eigenvalue weighted by Gasteiger charge is 2.39. The van der Waals surface area contributed by atoms with Crippen molar-refractivity contribution in [2.24, 2.45) is 0 Å². The van der Waals surface area contributed by atoms with Gasteiger partial charge in [0.1, 0.15) is 5.69 Å². The number of aryl methyl sites for hydroxylation is 1. The number of aliphatic hydroxyl groups is 1. The summed E-state index contributed by atoms with van der Waals surface area (Å²) in [6, 6.07) is 2.54. The molecule has 2 atom stereocenters. The smallest absolute Gasteiger partial charge is 0.388 e. The van der Waals surface area contributed by atoms with E-state index in [0.29, 0.717) is 23.3 Å². The van der Waals surface area contributed by atoms with Gasteiger partial charge in [-0.25, -0.2) is 17.8 Å². The molecule has 39 heavy (non-hydrogen) atoms. The van der Waals surface area contributed by atoms with Crippen LogP contribution in [-0.4, -0.2) is 82.0 Å². The SMILES string of the molecule is Cc1cc2cnc(C(=O)N[C@@H]3CN(S(C)(=O)=O)C[C@H]3OCC(C)(C)O)cc2n1-c1ncc(C(F)(F)F)cc1F. The van der Waals surface area contributed by atoms with Gasteiger partial charge in [0.15, 0.2) is 11.6 Å². The molecule has 212 valence electrons. The van der Waals surface area contributed by atoms with Gasteiger partial charge in [0.25, 0.3) is 5.91 Å². The Morgan fingerprint density at radius 2 is 1.87 bits per heavy atom. The molecule has 3 aromatic rings. The van der Waals surface area contributed by atoms with E-state index in [1.807, 2.05) is 0 Å². The number of aromatic nitrogens is 3. The number of hydrogen-bond donors (Lipinski definition) is 2. The molecule has 1 aliphatic heterocycles. The van der Waals surface area contributed by atoms with Crippen LogP contribution in [0, 0.1) is 12.7 Å². The molecule has 3 aromatic heterocycles. The van der Waals surface area contributed by atoms with Crippen molar-refractivity contribution in [2.75, 3.05) is 26.0 Å². The summed E-state index contributed by atoms with van der Waals surface area (Å²) >= 11 is 0. The number of amides is 1. The summed E-state index contributed by atoms with van der Waals surface area (Å²) in [5, 5.41) is 13.2. The van der Waals surface area contributed by atoms with Gasteiger partial charge in [-0.15, -0.1) is 0 Å². The molecule has 15 heteroatoms. The first-order valence-corrected chi connectivity index (χ1v) is 13.6. The van der Waals surface area contributed by atoms with E-state index < -0.39 is 51.2 Å². The Hall–Kier alpha value is -3.14. The van der Waals surface area contributed by atoms with E-state index in [1.165, 1.54) is 30.7 Å². The molecule has 1 saturated heterocycles. The van der Waals surface area contributed by atoms with Gasteiger partial charge in [0.05, 0.1) is 41.7 Å². The van der Waals surface area contributed by atoms with E-state index >= 15 is 0 Å². The summed E-state index contributed by atoms with van der Waals surface area (Å²) in [7, 11) is -3.59. The van der Waals surface area contributed by atoms with Gasteiger partial charge < -0.3 is 15.2 Å². The lowest BCUT2D eigenvalue weighted by atomic mass is 10.1. The minimum atomic E-state index is -4.77. The van der Waals surface area contributed by atoms with Crippen LogP contribution in [0.1, 0.15) is 35.6 Å². The highest BCUT2D eigenvalue weighted by molar-refractivity contribution is 7.88. The van der Waals surface area contributed by atoms with Crippen LogP contribution in [0.15, 0.2) is 30.6 Å². The summed E-state index contributed by atoms with van der Waals surface area (Å²) in [6.45, 7) is 4.43. The molecule has 1 amide bonds. The van der Waals surface area contributed by atoms with Gasteiger partial charge in [0.2, 0.25) is 10.0 Å². The Labute approximate surface area is 221 Å². The lowest BCUT2D eigenvalue weighted by Gasteiger charge is -2.24. The molecule has 0 radical (unpaired) electrons. The first kappa shape index (κ1) is 28.9. The van der Waals surface area contributed by atoms with Crippen LogP contribution in [0.25, 0.3) is 16.7 Å². The molecule has 0 aliphatic carbocycles. The van der Waals surface area contributed by atoms with E-state index in [4.69, 9.17) is 4.74 Å². The molecule has 1 fully saturated rings. The Kier molecular flexibility index (Phi) is 7.48. The molecule has 1 aliphatic rings. The highest BCUT2D eigenvalue weighted by atomic mass is 32.2. The summed E-state index contributed by atoms with van der Waals surface area (Å²) < 4.78 is 86.0. The first-order valence-electron chi connectivity index (χ1n) is 11.8. The predicted octanol–water partition coefficient (Wildman–Crippen LogP) is 2.42. The molecule has 0 bridgehead atoms. The zero-order valence-electron chi connectivity index (χ0n) is 21.5. The fourth-order valence-electron chi connectivity index (χ4n) is 4.27. The van der Waals surface area contributed by atoms with Crippen molar-refractivity contribution < 1.29 is 40.6 Å². The average molecular weight is 574 g/mol. The van der Waals surface area contributed by atoms with Gasteiger partial charge in [0, 0.05) is 36.6 Å². The van der Waals surface area contributed by atoms with Gasteiger partial charge in [-0.3, -0.25) is 14.3 Å². The van der Waals surface area contributed by atoms with E-state index in [2.05, 4.69) is 15.3 Å². The average Bonchev–Trinajstić information content (AvgIpc) is 3.36. The third-order valence-corrected chi connectivity index (χ3v) is 7.37. The van der Waals surface area contributed by atoms with Crippen LogP contribution < -0.4 is 5.32 Å².